The molecule has 1 aromatic carbocycles. The van der Waals surface area contributed by atoms with Gasteiger partial charge in [0.15, 0.2) is 0 Å². The average Bonchev–Trinajstić information content (AvgIpc) is 2.29. The Balaban J connectivity index is 2.71. The van der Waals surface area contributed by atoms with E-state index in [0.717, 1.165) is 12.1 Å². The van der Waals surface area contributed by atoms with Gasteiger partial charge in [0.25, 0.3) is 0 Å². The van der Waals surface area contributed by atoms with Crippen molar-refractivity contribution in [3.05, 3.63) is 30.3 Å². The molecule has 0 bridgehead atoms. The van der Waals surface area contributed by atoms with E-state index in [2.05, 4.69) is 25.4 Å². The van der Waals surface area contributed by atoms with Gasteiger partial charge in [0.1, 0.15) is 0 Å². The van der Waals surface area contributed by atoms with Crippen LogP contribution < -0.4 is 5.32 Å². The Morgan fingerprint density at radius 2 is 1.72 bits per heavy atom. The van der Waals surface area contributed by atoms with Crippen LogP contribution >= 0.6 is 11.8 Å². The zero-order chi connectivity index (χ0) is 13.8. The summed E-state index contributed by atoms with van der Waals surface area (Å²) >= 11 is 1.80. The smallest absolute Gasteiger partial charge is 0.230 e. The molecule has 0 radical (unpaired) electrons. The number of hydrogen-bond acceptors (Lipinski definition) is 2. The second-order valence-electron chi connectivity index (χ2n) is 5.84. The fourth-order valence-corrected chi connectivity index (χ4v) is 2.54. The number of benzene rings is 1. The zero-order valence-electron chi connectivity index (χ0n) is 11.9. The number of hydrogen-bond donors (Lipinski definition) is 1. The second-order valence-corrected chi connectivity index (χ2v) is 7.36. The molecule has 0 heterocycles. The molecule has 0 aromatic heterocycles. The molecule has 1 aromatic rings. The van der Waals surface area contributed by atoms with Crippen molar-refractivity contribution < 1.29 is 4.79 Å². The lowest BCUT2D eigenvalue weighted by molar-refractivity contribution is -0.124. The van der Waals surface area contributed by atoms with Crippen LogP contribution in [0, 0.1) is 5.41 Å². The summed E-state index contributed by atoms with van der Waals surface area (Å²) < 4.78 is 0.109. The standard InChI is InChI=1S/C15H23NOS/c1-14(2,11-15(3,4)18-5)13(17)16-12-9-7-6-8-10-12/h6-10H,11H2,1-5H3,(H,16,17). The van der Waals surface area contributed by atoms with E-state index in [9.17, 15) is 4.79 Å². The van der Waals surface area contributed by atoms with Crippen LogP contribution in [-0.2, 0) is 4.79 Å². The van der Waals surface area contributed by atoms with Crippen LogP contribution in [0.1, 0.15) is 34.1 Å². The Morgan fingerprint density at radius 3 is 2.22 bits per heavy atom. The van der Waals surface area contributed by atoms with Crippen LogP contribution in [-0.4, -0.2) is 16.9 Å². The van der Waals surface area contributed by atoms with Gasteiger partial charge in [-0.25, -0.2) is 0 Å². The van der Waals surface area contributed by atoms with Gasteiger partial charge in [-0.05, 0) is 24.8 Å². The minimum absolute atomic E-state index is 0.0795. The van der Waals surface area contributed by atoms with E-state index in [0.29, 0.717) is 0 Å². The average molecular weight is 265 g/mol. The van der Waals surface area contributed by atoms with Crippen LogP contribution in [0.2, 0.25) is 0 Å². The van der Waals surface area contributed by atoms with Gasteiger partial charge >= 0.3 is 0 Å². The maximum atomic E-state index is 12.3. The van der Waals surface area contributed by atoms with Crippen molar-refractivity contribution in [2.24, 2.45) is 5.41 Å². The number of anilines is 1. The Kier molecular flexibility index (Phi) is 4.85. The van der Waals surface area contributed by atoms with Crippen LogP contribution in [0.3, 0.4) is 0 Å². The van der Waals surface area contributed by atoms with Gasteiger partial charge in [-0.3, -0.25) is 4.79 Å². The fourth-order valence-electron chi connectivity index (χ4n) is 2.04. The molecule has 18 heavy (non-hydrogen) atoms. The Hall–Kier alpha value is -0.960. The minimum atomic E-state index is -0.373. The second kappa shape index (κ2) is 5.79. The molecular weight excluding hydrogens is 242 g/mol. The molecule has 0 saturated carbocycles. The third-order valence-electron chi connectivity index (χ3n) is 3.07. The number of para-hydroxylation sites is 1. The van der Waals surface area contributed by atoms with E-state index in [1.54, 1.807) is 11.8 Å². The van der Waals surface area contributed by atoms with Crippen molar-refractivity contribution >= 4 is 23.4 Å². The number of thioether (sulfide) groups is 1. The summed E-state index contributed by atoms with van der Waals surface area (Å²) in [5, 5.41) is 2.98. The lowest BCUT2D eigenvalue weighted by Gasteiger charge is -2.32. The first-order valence-electron chi connectivity index (χ1n) is 6.18. The Morgan fingerprint density at radius 1 is 1.17 bits per heavy atom. The van der Waals surface area contributed by atoms with Crippen molar-refractivity contribution in [2.75, 3.05) is 11.6 Å². The summed E-state index contributed by atoms with van der Waals surface area (Å²) in [6.45, 7) is 8.36. The zero-order valence-corrected chi connectivity index (χ0v) is 12.7. The maximum absolute atomic E-state index is 12.3. The lowest BCUT2D eigenvalue weighted by atomic mass is 9.82. The van der Waals surface area contributed by atoms with Crippen LogP contribution in [0.25, 0.3) is 0 Å². The van der Waals surface area contributed by atoms with Gasteiger partial charge < -0.3 is 5.32 Å². The highest BCUT2D eigenvalue weighted by molar-refractivity contribution is 7.99. The predicted molar refractivity (Wildman–Crippen MR) is 81.1 cm³/mol. The summed E-state index contributed by atoms with van der Waals surface area (Å²) in [7, 11) is 0. The van der Waals surface area contributed by atoms with Crippen molar-refractivity contribution in [1.29, 1.82) is 0 Å². The highest BCUT2D eigenvalue weighted by Crippen LogP contribution is 2.36. The van der Waals surface area contributed by atoms with E-state index in [-0.39, 0.29) is 16.1 Å². The molecule has 0 aliphatic heterocycles. The number of amides is 1. The van der Waals surface area contributed by atoms with Gasteiger partial charge in [0.2, 0.25) is 5.91 Å². The maximum Gasteiger partial charge on any atom is 0.230 e. The number of carbonyl (C=O) groups is 1. The summed E-state index contributed by atoms with van der Waals surface area (Å²) in [6.07, 6.45) is 2.94. The first kappa shape index (κ1) is 15.1. The van der Waals surface area contributed by atoms with Gasteiger partial charge in [-0.2, -0.15) is 11.8 Å². The van der Waals surface area contributed by atoms with Crippen molar-refractivity contribution in [3.8, 4) is 0 Å². The summed E-state index contributed by atoms with van der Waals surface area (Å²) in [5.41, 5.74) is 0.486. The van der Waals surface area contributed by atoms with Gasteiger partial charge in [0.05, 0.1) is 0 Å². The molecule has 3 heteroatoms. The molecule has 0 saturated heterocycles. The van der Waals surface area contributed by atoms with E-state index in [4.69, 9.17) is 0 Å². The molecule has 0 aliphatic rings. The molecule has 0 aliphatic carbocycles. The molecule has 0 spiro atoms. The van der Waals surface area contributed by atoms with Crippen LogP contribution in [0.15, 0.2) is 30.3 Å². The fraction of sp³-hybridized carbons (Fsp3) is 0.533. The van der Waals surface area contributed by atoms with Crippen molar-refractivity contribution in [1.82, 2.24) is 0 Å². The molecule has 100 valence electrons. The topological polar surface area (TPSA) is 29.1 Å². The van der Waals surface area contributed by atoms with Crippen LogP contribution in [0.5, 0.6) is 0 Å². The number of carbonyl (C=O) groups excluding carboxylic acids is 1. The molecule has 0 unspecified atom stereocenters. The predicted octanol–water partition coefficient (Wildman–Crippen LogP) is 4.18. The first-order chi connectivity index (χ1) is 8.27. The SMILES string of the molecule is CSC(C)(C)CC(C)(C)C(=O)Nc1ccccc1. The van der Waals surface area contributed by atoms with E-state index in [1.165, 1.54) is 0 Å². The number of nitrogens with one attached hydrogen (secondary N) is 1. The van der Waals surface area contributed by atoms with Gasteiger partial charge in [-0.1, -0.05) is 45.9 Å². The third-order valence-corrected chi connectivity index (χ3v) is 4.32. The summed E-state index contributed by atoms with van der Waals surface area (Å²) in [5.74, 6) is 0.0795. The van der Waals surface area contributed by atoms with Gasteiger partial charge in [0, 0.05) is 15.8 Å². The quantitative estimate of drug-likeness (QED) is 0.865. The van der Waals surface area contributed by atoms with Crippen molar-refractivity contribution in [3.63, 3.8) is 0 Å². The number of rotatable bonds is 5. The van der Waals surface area contributed by atoms with Gasteiger partial charge in [-0.15, -0.1) is 0 Å². The van der Waals surface area contributed by atoms with E-state index < -0.39 is 0 Å². The highest BCUT2D eigenvalue weighted by atomic mass is 32.2. The molecule has 2 nitrogen and oxygen atoms in total. The van der Waals surface area contributed by atoms with Crippen LogP contribution in [0.4, 0.5) is 5.69 Å². The Bertz CT molecular complexity index is 398. The van der Waals surface area contributed by atoms with E-state index >= 15 is 0 Å². The minimum Gasteiger partial charge on any atom is -0.326 e. The molecule has 1 rings (SSSR count). The largest absolute Gasteiger partial charge is 0.326 e. The highest BCUT2D eigenvalue weighted by Gasteiger charge is 2.34. The third kappa shape index (κ3) is 4.37. The molecular formula is C15H23NOS. The first-order valence-corrected chi connectivity index (χ1v) is 7.41. The molecule has 0 fully saturated rings. The molecule has 1 amide bonds. The molecule has 1 N–H and O–H groups in total. The lowest BCUT2D eigenvalue weighted by Crippen LogP contribution is -2.36. The van der Waals surface area contributed by atoms with Crippen molar-refractivity contribution in [2.45, 2.75) is 38.9 Å². The van der Waals surface area contributed by atoms with E-state index in [1.807, 2.05) is 44.2 Å². The monoisotopic (exact) mass is 265 g/mol. The summed E-state index contributed by atoms with van der Waals surface area (Å²) in [6, 6.07) is 9.61. The normalized spacial score (nSPS) is 12.3. The Labute approximate surface area is 115 Å². The summed E-state index contributed by atoms with van der Waals surface area (Å²) in [4.78, 5) is 12.3. The molecule has 0 atom stereocenters.